The van der Waals surface area contributed by atoms with E-state index in [1.165, 1.54) is 0 Å². The van der Waals surface area contributed by atoms with Crippen molar-refractivity contribution in [3.8, 4) is 5.75 Å². The number of aliphatic hydroxyl groups excluding tert-OH is 1. The van der Waals surface area contributed by atoms with Gasteiger partial charge < -0.3 is 36.8 Å². The molecule has 2 saturated heterocycles. The number of benzene rings is 1. The summed E-state index contributed by atoms with van der Waals surface area (Å²) < 4.78 is 5.65. The third-order valence-corrected chi connectivity index (χ3v) is 7.45. The van der Waals surface area contributed by atoms with Crippen molar-refractivity contribution >= 4 is 29.6 Å². The highest BCUT2D eigenvalue weighted by Crippen LogP contribution is 2.40. The van der Waals surface area contributed by atoms with E-state index in [1.54, 1.807) is 17.0 Å². The second-order valence-corrected chi connectivity index (χ2v) is 9.39. The molecule has 3 amide bonds. The second kappa shape index (κ2) is 7.57. The molecule has 5 aliphatic heterocycles. The maximum Gasteiger partial charge on any atom is 0.255 e. The number of nitrogens with one attached hydrogen (secondary N) is 2. The monoisotopic (exact) mass is 482 g/mol. The molecule has 7 N–H and O–H groups in total. The SMILES string of the molecule is NC1=NC2[C@H](CN3C(=O)CCC3=O)N=C(N)N3CC(NC(=O)c4cccc5c4OCC5)C(O)C23N1. The number of para-hydroxylation sites is 1. The molecule has 1 aromatic rings. The first-order chi connectivity index (χ1) is 16.8. The molecular formula is C22H26N8O5. The first kappa shape index (κ1) is 21.6. The first-order valence-corrected chi connectivity index (χ1v) is 11.6. The summed E-state index contributed by atoms with van der Waals surface area (Å²) in [6, 6.07) is 3.22. The fourth-order valence-corrected chi connectivity index (χ4v) is 5.84. The summed E-state index contributed by atoms with van der Waals surface area (Å²) >= 11 is 0. The van der Waals surface area contributed by atoms with Crippen molar-refractivity contribution in [3.63, 3.8) is 0 Å². The van der Waals surface area contributed by atoms with Crippen molar-refractivity contribution in [2.45, 2.75) is 49.2 Å². The van der Waals surface area contributed by atoms with Gasteiger partial charge in [-0.2, -0.15) is 0 Å². The van der Waals surface area contributed by atoms with Gasteiger partial charge in [-0.25, -0.2) is 9.98 Å². The molecule has 184 valence electrons. The predicted octanol–water partition coefficient (Wildman–Crippen LogP) is -2.77. The van der Waals surface area contributed by atoms with Crippen LogP contribution >= 0.6 is 0 Å². The second-order valence-electron chi connectivity index (χ2n) is 9.39. The van der Waals surface area contributed by atoms with Crippen LogP contribution < -0.4 is 26.8 Å². The van der Waals surface area contributed by atoms with Crippen molar-refractivity contribution in [2.24, 2.45) is 21.5 Å². The number of carbonyl (C=O) groups excluding carboxylic acids is 3. The van der Waals surface area contributed by atoms with Crippen LogP contribution in [-0.2, 0) is 16.0 Å². The molecule has 5 aliphatic rings. The third-order valence-electron chi connectivity index (χ3n) is 7.45. The number of nitrogens with two attached hydrogens (primary N) is 2. The van der Waals surface area contributed by atoms with E-state index in [0.29, 0.717) is 17.9 Å². The molecule has 13 heteroatoms. The molecule has 13 nitrogen and oxygen atoms in total. The molecule has 0 aromatic heterocycles. The van der Waals surface area contributed by atoms with Gasteiger partial charge in [0.15, 0.2) is 17.6 Å². The first-order valence-electron chi connectivity index (χ1n) is 11.6. The minimum absolute atomic E-state index is 0.0195. The maximum atomic E-state index is 13.2. The molecule has 35 heavy (non-hydrogen) atoms. The molecule has 4 unspecified atom stereocenters. The van der Waals surface area contributed by atoms with Gasteiger partial charge in [0, 0.05) is 25.8 Å². The van der Waals surface area contributed by atoms with Gasteiger partial charge in [0.1, 0.15) is 17.9 Å². The van der Waals surface area contributed by atoms with Crippen molar-refractivity contribution in [3.05, 3.63) is 29.3 Å². The van der Waals surface area contributed by atoms with Crippen LogP contribution in [0.1, 0.15) is 28.8 Å². The van der Waals surface area contributed by atoms with Gasteiger partial charge in [0.05, 0.1) is 30.8 Å². The lowest BCUT2D eigenvalue weighted by Crippen LogP contribution is -2.73. The van der Waals surface area contributed by atoms with Gasteiger partial charge in [0.2, 0.25) is 11.8 Å². The summed E-state index contributed by atoms with van der Waals surface area (Å²) in [5, 5.41) is 17.5. The van der Waals surface area contributed by atoms with Gasteiger partial charge in [-0.3, -0.25) is 19.3 Å². The Balaban J connectivity index is 1.28. The molecule has 2 fully saturated rings. The zero-order valence-corrected chi connectivity index (χ0v) is 18.8. The normalized spacial score (nSPS) is 32.9. The topological polar surface area (TPSA) is 188 Å². The molecule has 1 spiro atoms. The summed E-state index contributed by atoms with van der Waals surface area (Å²) in [5.74, 6) is -0.209. The number of ether oxygens (including phenoxy) is 1. The lowest BCUT2D eigenvalue weighted by Gasteiger charge is -2.46. The van der Waals surface area contributed by atoms with Gasteiger partial charge in [-0.15, -0.1) is 0 Å². The summed E-state index contributed by atoms with van der Waals surface area (Å²) in [6.07, 6.45) is -0.140. The molecule has 0 aliphatic carbocycles. The van der Waals surface area contributed by atoms with Gasteiger partial charge in [-0.05, 0) is 11.6 Å². The number of carbonyl (C=O) groups is 3. The van der Waals surface area contributed by atoms with Gasteiger partial charge in [-0.1, -0.05) is 12.1 Å². The highest BCUT2D eigenvalue weighted by Gasteiger charge is 2.65. The van der Waals surface area contributed by atoms with E-state index >= 15 is 0 Å². The van der Waals surface area contributed by atoms with Gasteiger partial charge in [0.25, 0.3) is 5.91 Å². The predicted molar refractivity (Wildman–Crippen MR) is 122 cm³/mol. The fraction of sp³-hybridized carbons (Fsp3) is 0.500. The molecule has 0 saturated carbocycles. The minimum atomic E-state index is -1.28. The Morgan fingerprint density at radius 2 is 2.00 bits per heavy atom. The van der Waals surface area contributed by atoms with Crippen molar-refractivity contribution in [2.75, 3.05) is 19.7 Å². The van der Waals surface area contributed by atoms with E-state index in [9.17, 15) is 19.5 Å². The van der Waals surface area contributed by atoms with Crippen LogP contribution in [0.2, 0.25) is 0 Å². The lowest BCUT2D eigenvalue weighted by atomic mass is 9.87. The number of aliphatic hydroxyl groups is 1. The van der Waals surface area contributed by atoms with Crippen LogP contribution in [0.25, 0.3) is 0 Å². The Morgan fingerprint density at radius 1 is 1.23 bits per heavy atom. The number of aliphatic imine (C=N–C) groups is 2. The Kier molecular flexibility index (Phi) is 4.68. The minimum Gasteiger partial charge on any atom is -0.492 e. The average molecular weight is 483 g/mol. The third kappa shape index (κ3) is 3.07. The van der Waals surface area contributed by atoms with E-state index in [2.05, 4.69) is 20.6 Å². The summed E-state index contributed by atoms with van der Waals surface area (Å²) in [4.78, 5) is 49.4. The molecule has 6 rings (SSSR count). The van der Waals surface area contributed by atoms with Crippen LogP contribution in [0.15, 0.2) is 28.2 Å². The number of likely N-dealkylation sites (tertiary alicyclic amines) is 1. The number of nitrogens with zero attached hydrogens (tertiary/aromatic N) is 4. The smallest absolute Gasteiger partial charge is 0.255 e. The number of guanidine groups is 2. The number of amides is 3. The number of hydrogen-bond acceptors (Lipinski definition) is 11. The van der Waals surface area contributed by atoms with E-state index in [-0.39, 0.29) is 55.6 Å². The highest BCUT2D eigenvalue weighted by atomic mass is 16.5. The van der Waals surface area contributed by atoms with Crippen molar-refractivity contribution in [1.29, 1.82) is 0 Å². The quantitative estimate of drug-likeness (QED) is 0.283. The standard InChI is InChI=1S/C22H26N8O5/c23-20-27-17-12(8-29-14(31)4-5-15(29)32)26-21(24)30-9-13(18(33)22(17,30)28-20)25-19(34)11-3-1-2-10-6-7-35-16(10)11/h1-3,12-13,17-18,33H,4-9H2,(H2,24,26)(H,25,34)(H3,23,27,28)/t12-,13?,17?,18?,22?/m0/s1. The Hall–Kier alpha value is -3.87. The van der Waals surface area contributed by atoms with Crippen molar-refractivity contribution < 1.29 is 24.2 Å². The number of hydrogen-bond donors (Lipinski definition) is 5. The largest absolute Gasteiger partial charge is 0.492 e. The lowest BCUT2D eigenvalue weighted by molar-refractivity contribution is -0.138. The molecule has 1 aromatic carbocycles. The van der Waals surface area contributed by atoms with E-state index in [0.717, 1.165) is 16.9 Å². The zero-order chi connectivity index (χ0) is 24.5. The number of imide groups is 1. The summed E-state index contributed by atoms with van der Waals surface area (Å²) in [6.45, 7) is 0.647. The van der Waals surface area contributed by atoms with Crippen molar-refractivity contribution in [1.82, 2.24) is 20.4 Å². The number of fused-ring (bicyclic) bond motifs is 1. The van der Waals surface area contributed by atoms with E-state index in [4.69, 9.17) is 16.2 Å². The van der Waals surface area contributed by atoms with E-state index in [1.807, 2.05) is 6.07 Å². The number of rotatable bonds is 4. The fourth-order valence-electron chi connectivity index (χ4n) is 5.84. The molecule has 5 heterocycles. The average Bonchev–Trinajstić information content (AvgIpc) is 3.58. The van der Waals surface area contributed by atoms with Crippen LogP contribution in [0.5, 0.6) is 5.75 Å². The molecular weight excluding hydrogens is 456 g/mol. The Morgan fingerprint density at radius 3 is 2.77 bits per heavy atom. The van der Waals surface area contributed by atoms with Crippen LogP contribution in [0.4, 0.5) is 0 Å². The highest BCUT2D eigenvalue weighted by molar-refractivity contribution is 6.02. The summed E-state index contributed by atoms with van der Waals surface area (Å²) in [7, 11) is 0. The maximum absolute atomic E-state index is 13.2. The zero-order valence-electron chi connectivity index (χ0n) is 18.8. The van der Waals surface area contributed by atoms with Crippen LogP contribution in [0, 0.1) is 0 Å². The molecule has 0 radical (unpaired) electrons. The Bertz CT molecular complexity index is 1180. The Labute approximate surface area is 200 Å². The summed E-state index contributed by atoms with van der Waals surface area (Å²) in [5.41, 5.74) is 12.4. The van der Waals surface area contributed by atoms with Gasteiger partial charge >= 0.3 is 0 Å². The van der Waals surface area contributed by atoms with Crippen LogP contribution in [0.3, 0.4) is 0 Å². The van der Waals surface area contributed by atoms with E-state index < -0.39 is 29.9 Å². The molecule has 5 atom stereocenters. The van der Waals surface area contributed by atoms with Crippen LogP contribution in [-0.4, -0.2) is 94.1 Å². The molecule has 0 bridgehead atoms.